The monoisotopic (exact) mass is 536 g/mol. The van der Waals surface area contributed by atoms with Crippen molar-refractivity contribution in [3.05, 3.63) is 74.4 Å². The van der Waals surface area contributed by atoms with Crippen molar-refractivity contribution in [2.45, 2.75) is 59.6 Å². The predicted octanol–water partition coefficient (Wildman–Crippen LogP) is 5.77. The van der Waals surface area contributed by atoms with Gasteiger partial charge in [-0.3, -0.25) is 9.59 Å². The third kappa shape index (κ3) is 4.93. The van der Waals surface area contributed by atoms with E-state index >= 15 is 0 Å². The standard InChI is InChI=1S/C27H29BrN4O3/c1-6-17(4)26-30-23-12-11-19(28)13-21(23)27(34)32(26)29-14-22-18(5)31(15-25(33)35-16(2)3)24-10-8-7-9-20(22)24/h7-14,16-17H,6,15H2,1-5H3/t17-/m0/s1. The maximum Gasteiger partial charge on any atom is 0.326 e. The number of benzene rings is 2. The Morgan fingerprint density at radius 3 is 2.63 bits per heavy atom. The van der Waals surface area contributed by atoms with Gasteiger partial charge in [0, 0.05) is 32.6 Å². The Balaban J connectivity index is 1.87. The van der Waals surface area contributed by atoms with E-state index in [4.69, 9.17) is 9.72 Å². The lowest BCUT2D eigenvalue weighted by Crippen LogP contribution is -2.23. The molecular formula is C27H29BrN4O3. The summed E-state index contributed by atoms with van der Waals surface area (Å²) >= 11 is 3.45. The maximum absolute atomic E-state index is 13.5. The Bertz CT molecular complexity index is 1500. The van der Waals surface area contributed by atoms with Gasteiger partial charge in [0.25, 0.3) is 5.56 Å². The molecule has 0 fully saturated rings. The molecule has 182 valence electrons. The lowest BCUT2D eigenvalue weighted by molar-refractivity contribution is -0.148. The van der Waals surface area contributed by atoms with Gasteiger partial charge in [-0.1, -0.05) is 48.0 Å². The van der Waals surface area contributed by atoms with Crippen LogP contribution in [0.1, 0.15) is 57.1 Å². The van der Waals surface area contributed by atoms with Crippen molar-refractivity contribution in [2.75, 3.05) is 0 Å². The van der Waals surface area contributed by atoms with Crippen LogP contribution in [0.15, 0.2) is 56.8 Å². The molecule has 0 aliphatic carbocycles. The molecule has 2 aromatic heterocycles. The summed E-state index contributed by atoms with van der Waals surface area (Å²) in [6, 6.07) is 13.3. The molecular weight excluding hydrogens is 508 g/mol. The van der Waals surface area contributed by atoms with E-state index in [0.717, 1.165) is 33.1 Å². The summed E-state index contributed by atoms with van der Waals surface area (Å²) in [7, 11) is 0. The molecule has 8 heteroatoms. The lowest BCUT2D eigenvalue weighted by atomic mass is 10.1. The second-order valence-corrected chi connectivity index (χ2v) is 9.86. The smallest absolute Gasteiger partial charge is 0.326 e. The van der Waals surface area contributed by atoms with E-state index in [1.54, 1.807) is 12.3 Å². The Kier molecular flexibility index (Phi) is 7.21. The van der Waals surface area contributed by atoms with Crippen LogP contribution >= 0.6 is 15.9 Å². The number of ether oxygens (including phenoxy) is 1. The number of para-hydroxylation sites is 1. The average Bonchev–Trinajstić information content (AvgIpc) is 3.08. The van der Waals surface area contributed by atoms with Crippen LogP contribution in [-0.2, 0) is 16.1 Å². The first-order chi connectivity index (χ1) is 16.7. The zero-order valence-corrected chi connectivity index (χ0v) is 22.2. The summed E-state index contributed by atoms with van der Waals surface area (Å²) in [5, 5.41) is 6.09. The molecule has 0 amide bonds. The van der Waals surface area contributed by atoms with Crippen molar-refractivity contribution in [3.8, 4) is 0 Å². The highest BCUT2D eigenvalue weighted by atomic mass is 79.9. The Labute approximate surface area is 212 Å². The first kappa shape index (κ1) is 24.9. The molecule has 4 rings (SSSR count). The van der Waals surface area contributed by atoms with E-state index in [9.17, 15) is 9.59 Å². The van der Waals surface area contributed by atoms with Crippen LogP contribution in [0, 0.1) is 6.92 Å². The Morgan fingerprint density at radius 1 is 1.17 bits per heavy atom. The van der Waals surface area contributed by atoms with Gasteiger partial charge in [0.1, 0.15) is 12.4 Å². The maximum atomic E-state index is 13.5. The number of hydrogen-bond acceptors (Lipinski definition) is 5. The van der Waals surface area contributed by atoms with E-state index in [0.29, 0.717) is 16.7 Å². The van der Waals surface area contributed by atoms with Crippen molar-refractivity contribution in [3.63, 3.8) is 0 Å². The molecule has 0 unspecified atom stereocenters. The second-order valence-electron chi connectivity index (χ2n) is 8.94. The topological polar surface area (TPSA) is 78.5 Å². The fraction of sp³-hybridized carbons (Fsp3) is 0.333. The van der Waals surface area contributed by atoms with Gasteiger partial charge in [-0.2, -0.15) is 9.78 Å². The fourth-order valence-electron chi connectivity index (χ4n) is 4.15. The predicted molar refractivity (Wildman–Crippen MR) is 143 cm³/mol. The third-order valence-electron chi connectivity index (χ3n) is 6.12. The van der Waals surface area contributed by atoms with Crippen LogP contribution in [0.25, 0.3) is 21.8 Å². The van der Waals surface area contributed by atoms with Crippen LogP contribution in [0.4, 0.5) is 0 Å². The summed E-state index contributed by atoms with van der Waals surface area (Å²) in [5.41, 5.74) is 3.04. The van der Waals surface area contributed by atoms with Gasteiger partial charge in [0.15, 0.2) is 0 Å². The van der Waals surface area contributed by atoms with Crippen molar-refractivity contribution in [1.29, 1.82) is 0 Å². The highest BCUT2D eigenvalue weighted by Gasteiger charge is 2.18. The van der Waals surface area contributed by atoms with E-state index in [1.165, 1.54) is 4.68 Å². The van der Waals surface area contributed by atoms with Crippen molar-refractivity contribution < 1.29 is 9.53 Å². The molecule has 2 aromatic carbocycles. The van der Waals surface area contributed by atoms with Gasteiger partial charge in [0.2, 0.25) is 0 Å². The zero-order valence-electron chi connectivity index (χ0n) is 20.6. The minimum Gasteiger partial charge on any atom is -0.462 e. The van der Waals surface area contributed by atoms with Crippen LogP contribution in [0.2, 0.25) is 0 Å². The summed E-state index contributed by atoms with van der Waals surface area (Å²) in [4.78, 5) is 30.7. The Hall–Kier alpha value is -3.26. The van der Waals surface area contributed by atoms with Gasteiger partial charge >= 0.3 is 5.97 Å². The summed E-state index contributed by atoms with van der Waals surface area (Å²) < 4.78 is 9.50. The summed E-state index contributed by atoms with van der Waals surface area (Å²) in [6.07, 6.45) is 2.33. The molecule has 2 heterocycles. The quantitative estimate of drug-likeness (QED) is 0.222. The van der Waals surface area contributed by atoms with E-state index in [1.807, 2.05) is 68.7 Å². The average molecular weight is 537 g/mol. The number of carbonyl (C=O) groups is 1. The van der Waals surface area contributed by atoms with Gasteiger partial charge in [-0.05, 0) is 51.5 Å². The van der Waals surface area contributed by atoms with Gasteiger partial charge in [0.05, 0.1) is 23.2 Å². The number of fused-ring (bicyclic) bond motifs is 2. The molecule has 0 bridgehead atoms. The van der Waals surface area contributed by atoms with E-state index in [-0.39, 0.29) is 30.1 Å². The molecule has 0 saturated carbocycles. The lowest BCUT2D eigenvalue weighted by Gasteiger charge is -2.14. The molecule has 0 spiro atoms. The number of nitrogens with zero attached hydrogens (tertiary/aromatic N) is 4. The van der Waals surface area contributed by atoms with Crippen molar-refractivity contribution in [2.24, 2.45) is 5.10 Å². The van der Waals surface area contributed by atoms with Crippen molar-refractivity contribution >= 4 is 49.9 Å². The zero-order chi connectivity index (χ0) is 25.3. The highest BCUT2D eigenvalue weighted by Crippen LogP contribution is 2.25. The van der Waals surface area contributed by atoms with Crippen LogP contribution < -0.4 is 5.56 Å². The number of aromatic nitrogens is 3. The highest BCUT2D eigenvalue weighted by molar-refractivity contribution is 9.10. The molecule has 7 nitrogen and oxygen atoms in total. The number of hydrogen-bond donors (Lipinski definition) is 0. The van der Waals surface area contributed by atoms with Crippen molar-refractivity contribution in [1.82, 2.24) is 14.2 Å². The third-order valence-corrected chi connectivity index (χ3v) is 6.62. The first-order valence-corrected chi connectivity index (χ1v) is 12.5. The van der Waals surface area contributed by atoms with Crippen LogP contribution in [0.3, 0.4) is 0 Å². The van der Waals surface area contributed by atoms with E-state index < -0.39 is 0 Å². The molecule has 0 N–H and O–H groups in total. The van der Waals surface area contributed by atoms with E-state index in [2.05, 4.69) is 28.0 Å². The van der Waals surface area contributed by atoms with Crippen LogP contribution in [-0.4, -0.2) is 32.5 Å². The fourth-order valence-corrected chi connectivity index (χ4v) is 4.51. The summed E-state index contributed by atoms with van der Waals surface area (Å²) in [5.74, 6) is 0.360. The number of esters is 1. The molecule has 0 radical (unpaired) electrons. The number of carbonyl (C=O) groups excluding carboxylic acids is 1. The number of halogens is 1. The molecule has 0 aliphatic rings. The second kappa shape index (κ2) is 10.2. The normalized spacial score (nSPS) is 12.8. The molecule has 0 aliphatic heterocycles. The minimum absolute atomic E-state index is 0.0427. The SMILES string of the molecule is CC[C@H](C)c1nc2ccc(Br)cc2c(=O)n1N=Cc1c(C)n(CC(=O)OC(C)C)c2ccccc12. The first-order valence-electron chi connectivity index (χ1n) is 11.7. The Morgan fingerprint density at radius 2 is 1.91 bits per heavy atom. The van der Waals surface area contributed by atoms with Gasteiger partial charge in [-0.25, -0.2) is 4.98 Å². The molecule has 0 saturated heterocycles. The molecule has 1 atom stereocenters. The number of rotatable bonds is 7. The molecule has 4 aromatic rings. The molecule has 35 heavy (non-hydrogen) atoms. The van der Waals surface area contributed by atoms with Gasteiger partial charge < -0.3 is 9.30 Å². The van der Waals surface area contributed by atoms with Gasteiger partial charge in [-0.15, -0.1) is 0 Å². The summed E-state index contributed by atoms with van der Waals surface area (Å²) in [6.45, 7) is 9.81. The van der Waals surface area contributed by atoms with Crippen LogP contribution in [0.5, 0.6) is 0 Å². The minimum atomic E-state index is -0.299. The largest absolute Gasteiger partial charge is 0.462 e.